The van der Waals surface area contributed by atoms with Crippen molar-refractivity contribution in [1.29, 1.82) is 0 Å². The SMILES string of the molecule is O=C(Cn1ccnc1)Nc1nc2ccc(-c3cc(F)ccc3F)cn2n1. The summed E-state index contributed by atoms with van der Waals surface area (Å²) >= 11 is 0. The van der Waals surface area contributed by atoms with E-state index in [0.717, 1.165) is 18.2 Å². The number of rotatable bonds is 4. The van der Waals surface area contributed by atoms with Crippen LogP contribution in [0.25, 0.3) is 16.8 Å². The van der Waals surface area contributed by atoms with E-state index in [1.54, 1.807) is 29.1 Å². The molecule has 0 saturated carbocycles. The van der Waals surface area contributed by atoms with Crippen LogP contribution in [-0.4, -0.2) is 30.1 Å². The molecule has 0 aliphatic carbocycles. The van der Waals surface area contributed by atoms with Gasteiger partial charge < -0.3 is 4.57 Å². The summed E-state index contributed by atoms with van der Waals surface area (Å²) in [5, 5.41) is 6.74. The number of fused-ring (bicyclic) bond motifs is 1. The number of imidazole rings is 1. The summed E-state index contributed by atoms with van der Waals surface area (Å²) in [7, 11) is 0. The zero-order valence-corrected chi connectivity index (χ0v) is 13.3. The van der Waals surface area contributed by atoms with Gasteiger partial charge in [0.15, 0.2) is 5.65 Å². The van der Waals surface area contributed by atoms with Crippen LogP contribution in [0.2, 0.25) is 0 Å². The third kappa shape index (κ3) is 3.14. The number of nitrogens with one attached hydrogen (secondary N) is 1. The number of hydrogen-bond donors (Lipinski definition) is 1. The summed E-state index contributed by atoms with van der Waals surface area (Å²) in [5.41, 5.74) is 1.02. The summed E-state index contributed by atoms with van der Waals surface area (Å²) < 4.78 is 30.3. The molecule has 4 rings (SSSR count). The molecule has 1 amide bonds. The second-order valence-electron chi connectivity index (χ2n) is 5.56. The van der Waals surface area contributed by atoms with Crippen molar-refractivity contribution in [3.8, 4) is 11.1 Å². The number of halogens is 2. The predicted octanol–water partition coefficient (Wildman–Crippen LogP) is 2.51. The second-order valence-corrected chi connectivity index (χ2v) is 5.56. The largest absolute Gasteiger partial charge is 0.328 e. The molecule has 3 aromatic heterocycles. The number of pyridine rings is 1. The van der Waals surface area contributed by atoms with E-state index in [4.69, 9.17) is 0 Å². The fourth-order valence-corrected chi connectivity index (χ4v) is 2.52. The molecule has 4 aromatic rings. The highest BCUT2D eigenvalue weighted by Crippen LogP contribution is 2.24. The third-order valence-corrected chi connectivity index (χ3v) is 3.71. The smallest absolute Gasteiger partial charge is 0.249 e. The van der Waals surface area contributed by atoms with E-state index in [-0.39, 0.29) is 24.0 Å². The van der Waals surface area contributed by atoms with E-state index in [0.29, 0.717) is 11.2 Å². The van der Waals surface area contributed by atoms with Gasteiger partial charge in [0.2, 0.25) is 11.9 Å². The first-order chi connectivity index (χ1) is 12.6. The van der Waals surface area contributed by atoms with Gasteiger partial charge in [-0.1, -0.05) is 0 Å². The molecule has 0 radical (unpaired) electrons. The van der Waals surface area contributed by atoms with E-state index in [1.807, 2.05) is 0 Å². The number of aromatic nitrogens is 5. The normalized spacial score (nSPS) is 11.0. The van der Waals surface area contributed by atoms with Gasteiger partial charge in [0.05, 0.1) is 6.33 Å². The molecule has 0 saturated heterocycles. The molecule has 9 heteroatoms. The van der Waals surface area contributed by atoms with Gasteiger partial charge in [0, 0.05) is 29.7 Å². The fraction of sp³-hybridized carbons (Fsp3) is 0.0588. The van der Waals surface area contributed by atoms with Crippen LogP contribution in [0.5, 0.6) is 0 Å². The minimum atomic E-state index is -0.542. The fourth-order valence-electron chi connectivity index (χ4n) is 2.52. The number of nitrogens with zero attached hydrogens (tertiary/aromatic N) is 5. The summed E-state index contributed by atoms with van der Waals surface area (Å²) in [6, 6.07) is 6.46. The molecule has 0 unspecified atom stereocenters. The molecular formula is C17H12F2N6O. The molecule has 1 aromatic carbocycles. The lowest BCUT2D eigenvalue weighted by Crippen LogP contribution is -2.18. The van der Waals surface area contributed by atoms with Crippen LogP contribution in [-0.2, 0) is 11.3 Å². The number of benzene rings is 1. The predicted molar refractivity (Wildman–Crippen MR) is 89.2 cm³/mol. The Bertz CT molecular complexity index is 1090. The molecule has 1 N–H and O–H groups in total. The molecule has 130 valence electrons. The average Bonchev–Trinajstić information content (AvgIpc) is 3.25. The van der Waals surface area contributed by atoms with Gasteiger partial charge in [-0.05, 0) is 30.3 Å². The van der Waals surface area contributed by atoms with Crippen molar-refractivity contribution in [2.24, 2.45) is 0 Å². The Morgan fingerprint density at radius 2 is 2.08 bits per heavy atom. The number of hydrogen-bond acceptors (Lipinski definition) is 4. The molecule has 0 aliphatic rings. The summed E-state index contributed by atoms with van der Waals surface area (Å²) in [5.74, 6) is -1.27. The van der Waals surface area contributed by atoms with Crippen LogP contribution < -0.4 is 5.32 Å². The van der Waals surface area contributed by atoms with E-state index >= 15 is 0 Å². The van der Waals surface area contributed by atoms with Crippen molar-refractivity contribution in [1.82, 2.24) is 24.1 Å². The molecule has 0 atom stereocenters. The average molecular weight is 354 g/mol. The van der Waals surface area contributed by atoms with Crippen LogP contribution in [0.1, 0.15) is 0 Å². The van der Waals surface area contributed by atoms with E-state index < -0.39 is 11.6 Å². The molecular weight excluding hydrogens is 342 g/mol. The first-order valence-corrected chi connectivity index (χ1v) is 7.66. The van der Waals surface area contributed by atoms with Gasteiger partial charge in [-0.15, -0.1) is 5.10 Å². The van der Waals surface area contributed by atoms with Gasteiger partial charge in [-0.25, -0.2) is 18.3 Å². The highest BCUT2D eigenvalue weighted by Gasteiger charge is 2.11. The Labute approximate surface area is 145 Å². The lowest BCUT2D eigenvalue weighted by molar-refractivity contribution is -0.116. The Kier molecular flexibility index (Phi) is 3.88. The lowest BCUT2D eigenvalue weighted by atomic mass is 10.1. The van der Waals surface area contributed by atoms with Crippen molar-refractivity contribution >= 4 is 17.5 Å². The summed E-state index contributed by atoms with van der Waals surface area (Å²) in [6.07, 6.45) is 6.28. The maximum atomic E-state index is 13.9. The number of amides is 1. The zero-order valence-electron chi connectivity index (χ0n) is 13.3. The molecule has 0 aliphatic heterocycles. The van der Waals surface area contributed by atoms with E-state index in [2.05, 4.69) is 20.4 Å². The topological polar surface area (TPSA) is 77.1 Å². The Morgan fingerprint density at radius 1 is 1.19 bits per heavy atom. The summed E-state index contributed by atoms with van der Waals surface area (Å²) in [6.45, 7) is 0.0787. The first-order valence-electron chi connectivity index (χ1n) is 7.66. The number of carbonyl (C=O) groups excluding carboxylic acids is 1. The first kappa shape index (κ1) is 15.9. The van der Waals surface area contributed by atoms with Gasteiger partial charge >= 0.3 is 0 Å². The van der Waals surface area contributed by atoms with Crippen molar-refractivity contribution in [2.75, 3.05) is 5.32 Å². The highest BCUT2D eigenvalue weighted by molar-refractivity contribution is 5.89. The Morgan fingerprint density at radius 3 is 2.88 bits per heavy atom. The van der Waals surface area contributed by atoms with Gasteiger partial charge in [-0.3, -0.25) is 10.1 Å². The monoisotopic (exact) mass is 354 g/mol. The van der Waals surface area contributed by atoms with Crippen LogP contribution in [0.3, 0.4) is 0 Å². The minimum absolute atomic E-state index is 0.0787. The van der Waals surface area contributed by atoms with Crippen molar-refractivity contribution < 1.29 is 13.6 Å². The molecule has 0 spiro atoms. The van der Waals surface area contributed by atoms with E-state index in [9.17, 15) is 13.6 Å². The standard InChI is InChI=1S/C17H12F2N6O/c18-12-2-3-14(19)13(7-12)11-1-4-15-21-17(23-25(15)8-11)22-16(26)9-24-6-5-20-10-24/h1-8,10H,9H2,(H,22,23,26). The second kappa shape index (κ2) is 6.36. The van der Waals surface area contributed by atoms with Crippen molar-refractivity contribution in [2.45, 2.75) is 6.54 Å². The van der Waals surface area contributed by atoms with Crippen LogP contribution in [0.4, 0.5) is 14.7 Å². The van der Waals surface area contributed by atoms with Gasteiger partial charge in [0.25, 0.3) is 0 Å². The quantitative estimate of drug-likeness (QED) is 0.611. The molecule has 3 heterocycles. The molecule has 0 bridgehead atoms. The van der Waals surface area contributed by atoms with Crippen molar-refractivity contribution in [3.05, 3.63) is 66.9 Å². The highest BCUT2D eigenvalue weighted by atomic mass is 19.1. The molecule has 26 heavy (non-hydrogen) atoms. The maximum Gasteiger partial charge on any atom is 0.249 e. The Hall–Kier alpha value is -3.62. The maximum absolute atomic E-state index is 13.9. The van der Waals surface area contributed by atoms with Crippen LogP contribution in [0.15, 0.2) is 55.2 Å². The van der Waals surface area contributed by atoms with E-state index in [1.165, 1.54) is 17.0 Å². The zero-order chi connectivity index (χ0) is 18.1. The summed E-state index contributed by atoms with van der Waals surface area (Å²) in [4.78, 5) is 20.0. The molecule has 7 nitrogen and oxygen atoms in total. The third-order valence-electron chi connectivity index (χ3n) is 3.71. The van der Waals surface area contributed by atoms with Crippen LogP contribution >= 0.6 is 0 Å². The lowest BCUT2D eigenvalue weighted by Gasteiger charge is -2.03. The van der Waals surface area contributed by atoms with Gasteiger partial charge in [-0.2, -0.15) is 4.98 Å². The number of anilines is 1. The van der Waals surface area contributed by atoms with Crippen molar-refractivity contribution in [3.63, 3.8) is 0 Å². The molecule has 0 fully saturated rings. The van der Waals surface area contributed by atoms with Crippen LogP contribution in [0, 0.1) is 11.6 Å². The minimum Gasteiger partial charge on any atom is -0.328 e. The Balaban J connectivity index is 1.59. The number of carbonyl (C=O) groups is 1. The van der Waals surface area contributed by atoms with Gasteiger partial charge in [0.1, 0.15) is 18.2 Å².